The number of nitrogens with one attached hydrogen (secondary N) is 1. The molecule has 2 heterocycles. The third kappa shape index (κ3) is 6.05. The van der Waals surface area contributed by atoms with Crippen molar-refractivity contribution < 1.29 is 32.5 Å². The summed E-state index contributed by atoms with van der Waals surface area (Å²) in [4.78, 5) is 4.10. The van der Waals surface area contributed by atoms with Crippen LogP contribution >= 0.6 is 0 Å². The summed E-state index contributed by atoms with van der Waals surface area (Å²) in [5.41, 5.74) is 0.0875. The van der Waals surface area contributed by atoms with Crippen LogP contribution in [0.5, 0.6) is 5.75 Å². The lowest BCUT2D eigenvalue weighted by Gasteiger charge is -2.42. The van der Waals surface area contributed by atoms with Crippen molar-refractivity contribution in [2.45, 2.75) is 57.2 Å². The van der Waals surface area contributed by atoms with Crippen molar-refractivity contribution in [2.75, 3.05) is 20.2 Å². The number of aryl methyl sites for hydroxylation is 1. The van der Waals surface area contributed by atoms with Gasteiger partial charge in [0.2, 0.25) is 0 Å². The molecule has 0 amide bonds. The number of aliphatic hydroxyl groups is 2. The Kier molecular flexibility index (Phi) is 8.67. The molecule has 1 saturated heterocycles. The summed E-state index contributed by atoms with van der Waals surface area (Å²) in [6.45, 7) is 1.36. The number of halogens is 4. The van der Waals surface area contributed by atoms with E-state index in [1.807, 2.05) is 0 Å². The Morgan fingerprint density at radius 3 is 2.51 bits per heavy atom. The highest BCUT2D eigenvalue weighted by molar-refractivity contribution is 5.84. The van der Waals surface area contributed by atoms with Gasteiger partial charge in [0.05, 0.1) is 31.0 Å². The standard InChI is InChI=1S/C28H32F4N2O3/c1-37-19-5-6-23-20(15-19)26(22(31)16-34-23)24(35)7-8-28(9-11-33-12-10-28)25(36)4-2-3-17-13-18(29)14-21(30)27(17)32/h5-6,13-16,24-25,33,35-36H,2-4,7-12H2,1H3/t24-,25+/m1/s1. The van der Waals surface area contributed by atoms with Gasteiger partial charge >= 0.3 is 0 Å². The maximum absolute atomic E-state index is 14.8. The van der Waals surface area contributed by atoms with E-state index in [9.17, 15) is 27.8 Å². The summed E-state index contributed by atoms with van der Waals surface area (Å²) in [6, 6.07) is 6.55. The van der Waals surface area contributed by atoms with E-state index in [4.69, 9.17) is 4.74 Å². The van der Waals surface area contributed by atoms with Crippen LogP contribution in [0.1, 0.15) is 55.8 Å². The molecule has 1 aromatic heterocycles. The van der Waals surface area contributed by atoms with Gasteiger partial charge in [-0.2, -0.15) is 0 Å². The third-order valence-electron chi connectivity index (χ3n) is 7.62. The summed E-state index contributed by atoms with van der Waals surface area (Å²) in [5, 5.41) is 26.0. The van der Waals surface area contributed by atoms with Crippen molar-refractivity contribution in [3.63, 3.8) is 0 Å². The number of nitrogens with zero attached hydrogens (tertiary/aromatic N) is 1. The Labute approximate surface area is 213 Å². The number of aliphatic hydroxyl groups excluding tert-OH is 2. The Hall–Kier alpha value is -2.75. The van der Waals surface area contributed by atoms with Gasteiger partial charge in [-0.15, -0.1) is 0 Å². The van der Waals surface area contributed by atoms with E-state index in [-0.39, 0.29) is 24.0 Å². The molecule has 0 saturated carbocycles. The SMILES string of the molecule is COc1ccc2ncc(F)c([C@H](O)CCC3([C@@H](O)CCCc4cc(F)cc(F)c4F)CCNCC3)c2c1. The molecular formula is C28H32F4N2O3. The summed E-state index contributed by atoms with van der Waals surface area (Å²) in [6.07, 6.45) is 1.87. The highest BCUT2D eigenvalue weighted by atomic mass is 19.2. The summed E-state index contributed by atoms with van der Waals surface area (Å²) in [5.74, 6) is -3.23. The smallest absolute Gasteiger partial charge is 0.162 e. The highest BCUT2D eigenvalue weighted by Crippen LogP contribution is 2.42. The minimum atomic E-state index is -1.23. The Morgan fingerprint density at radius 1 is 1.03 bits per heavy atom. The quantitative estimate of drug-likeness (QED) is 0.248. The number of hydrogen-bond acceptors (Lipinski definition) is 5. The summed E-state index contributed by atoms with van der Waals surface area (Å²) in [7, 11) is 1.51. The van der Waals surface area contributed by atoms with Crippen LogP contribution in [0.25, 0.3) is 10.9 Å². The summed E-state index contributed by atoms with van der Waals surface area (Å²) < 4.78 is 61.1. The number of hydrogen-bond donors (Lipinski definition) is 3. The lowest BCUT2D eigenvalue weighted by Crippen LogP contribution is -2.44. The van der Waals surface area contributed by atoms with E-state index < -0.39 is 40.9 Å². The van der Waals surface area contributed by atoms with Gasteiger partial charge in [0, 0.05) is 17.0 Å². The number of methoxy groups -OCH3 is 1. The molecule has 1 fully saturated rings. The van der Waals surface area contributed by atoms with Gasteiger partial charge < -0.3 is 20.3 Å². The van der Waals surface area contributed by atoms with Crippen LogP contribution in [-0.4, -0.2) is 41.5 Å². The monoisotopic (exact) mass is 520 g/mol. The molecule has 5 nitrogen and oxygen atoms in total. The first-order valence-corrected chi connectivity index (χ1v) is 12.6. The molecule has 1 aliphatic heterocycles. The average molecular weight is 521 g/mol. The zero-order valence-corrected chi connectivity index (χ0v) is 20.7. The van der Waals surface area contributed by atoms with E-state index in [2.05, 4.69) is 10.3 Å². The fourth-order valence-electron chi connectivity index (χ4n) is 5.46. The molecule has 1 aliphatic rings. The number of fused-ring (bicyclic) bond motifs is 1. The zero-order chi connectivity index (χ0) is 26.6. The number of rotatable bonds is 10. The van der Waals surface area contributed by atoms with E-state index >= 15 is 0 Å². The summed E-state index contributed by atoms with van der Waals surface area (Å²) >= 11 is 0. The number of benzene rings is 2. The second kappa shape index (κ2) is 11.8. The van der Waals surface area contributed by atoms with Crippen molar-refractivity contribution >= 4 is 10.9 Å². The normalized spacial score (nSPS) is 17.1. The van der Waals surface area contributed by atoms with Gasteiger partial charge in [-0.3, -0.25) is 4.98 Å². The predicted molar refractivity (Wildman–Crippen MR) is 132 cm³/mol. The first kappa shape index (κ1) is 27.3. The lowest BCUT2D eigenvalue weighted by molar-refractivity contribution is -0.0211. The Morgan fingerprint density at radius 2 is 1.78 bits per heavy atom. The Bertz CT molecular complexity index is 1230. The maximum Gasteiger partial charge on any atom is 0.162 e. The van der Waals surface area contributed by atoms with Crippen molar-refractivity contribution in [1.29, 1.82) is 0 Å². The van der Waals surface area contributed by atoms with Crippen LogP contribution in [0, 0.1) is 28.7 Å². The molecule has 4 rings (SSSR count). The largest absolute Gasteiger partial charge is 0.497 e. The second-order valence-corrected chi connectivity index (χ2v) is 9.84. The van der Waals surface area contributed by atoms with Gasteiger partial charge in [0.1, 0.15) is 17.4 Å². The molecule has 0 unspecified atom stereocenters. The number of piperidine rings is 1. The minimum Gasteiger partial charge on any atom is -0.497 e. The van der Waals surface area contributed by atoms with Gasteiger partial charge in [0.25, 0.3) is 0 Å². The first-order chi connectivity index (χ1) is 17.7. The molecule has 200 valence electrons. The molecule has 0 bridgehead atoms. The molecule has 2 aromatic carbocycles. The van der Waals surface area contributed by atoms with Gasteiger partial charge in [-0.1, -0.05) is 0 Å². The van der Waals surface area contributed by atoms with Gasteiger partial charge in [-0.05, 0) is 93.3 Å². The number of ether oxygens (including phenoxy) is 1. The van der Waals surface area contributed by atoms with Crippen molar-refractivity contribution in [2.24, 2.45) is 5.41 Å². The van der Waals surface area contributed by atoms with Gasteiger partial charge in [0.15, 0.2) is 11.6 Å². The second-order valence-electron chi connectivity index (χ2n) is 9.84. The van der Waals surface area contributed by atoms with Crippen LogP contribution in [0.15, 0.2) is 36.5 Å². The molecule has 0 radical (unpaired) electrons. The molecule has 9 heteroatoms. The van der Waals surface area contributed by atoms with Crippen LogP contribution in [0.2, 0.25) is 0 Å². The zero-order valence-electron chi connectivity index (χ0n) is 20.7. The first-order valence-electron chi connectivity index (χ1n) is 12.6. The number of pyridine rings is 1. The predicted octanol–water partition coefficient (Wildman–Crippen LogP) is 5.37. The van der Waals surface area contributed by atoms with Gasteiger partial charge in [-0.25, -0.2) is 17.6 Å². The molecule has 2 atom stereocenters. The van der Waals surface area contributed by atoms with E-state index in [0.717, 1.165) is 12.3 Å². The topological polar surface area (TPSA) is 74.6 Å². The van der Waals surface area contributed by atoms with Crippen LogP contribution in [-0.2, 0) is 6.42 Å². The lowest BCUT2D eigenvalue weighted by atomic mass is 9.69. The fraction of sp³-hybridized carbons (Fsp3) is 0.464. The van der Waals surface area contributed by atoms with E-state index in [0.29, 0.717) is 67.9 Å². The molecule has 3 aromatic rings. The van der Waals surface area contributed by atoms with Crippen molar-refractivity contribution in [1.82, 2.24) is 10.3 Å². The minimum absolute atomic E-state index is 0.0602. The molecule has 3 N–H and O–H groups in total. The average Bonchev–Trinajstić information content (AvgIpc) is 2.90. The molecule has 37 heavy (non-hydrogen) atoms. The molecule has 0 aliphatic carbocycles. The van der Waals surface area contributed by atoms with E-state index in [1.54, 1.807) is 18.2 Å². The number of aromatic nitrogens is 1. The molecule has 0 spiro atoms. The third-order valence-corrected chi connectivity index (χ3v) is 7.62. The van der Waals surface area contributed by atoms with Crippen molar-refractivity contribution in [3.05, 3.63) is 70.9 Å². The van der Waals surface area contributed by atoms with Crippen LogP contribution in [0.4, 0.5) is 17.6 Å². The van der Waals surface area contributed by atoms with Crippen LogP contribution < -0.4 is 10.1 Å². The fourth-order valence-corrected chi connectivity index (χ4v) is 5.46. The van der Waals surface area contributed by atoms with Crippen LogP contribution in [0.3, 0.4) is 0 Å². The highest BCUT2D eigenvalue weighted by Gasteiger charge is 2.39. The maximum atomic E-state index is 14.8. The molecular weight excluding hydrogens is 488 g/mol. The van der Waals surface area contributed by atoms with Crippen molar-refractivity contribution in [3.8, 4) is 5.75 Å². The van der Waals surface area contributed by atoms with E-state index in [1.165, 1.54) is 7.11 Å². The Balaban J connectivity index is 1.47.